The predicted molar refractivity (Wildman–Crippen MR) is 61.2 cm³/mol. The minimum atomic E-state index is -4.63. The van der Waals surface area contributed by atoms with Gasteiger partial charge in [-0.3, -0.25) is 4.79 Å². The van der Waals surface area contributed by atoms with Crippen LogP contribution in [0.25, 0.3) is 0 Å². The minimum Gasteiger partial charge on any atom is -0.333 e. The molecule has 0 fully saturated rings. The summed E-state index contributed by atoms with van der Waals surface area (Å²) >= 11 is 0. The minimum absolute atomic E-state index is 0.473. The lowest BCUT2D eigenvalue weighted by molar-refractivity contribution is -0.181. The Morgan fingerprint density at radius 1 is 1.37 bits per heavy atom. The molecule has 0 aliphatic heterocycles. The van der Waals surface area contributed by atoms with Gasteiger partial charge >= 0.3 is 12.3 Å². The van der Waals surface area contributed by atoms with Gasteiger partial charge in [-0.25, -0.2) is 8.78 Å². The molecule has 2 rings (SSSR count). The highest BCUT2D eigenvalue weighted by Crippen LogP contribution is 2.37. The summed E-state index contributed by atoms with van der Waals surface area (Å²) in [6.45, 7) is 0. The number of alkyl halides is 4. The fourth-order valence-electron chi connectivity index (χ4n) is 2.41. The van der Waals surface area contributed by atoms with Gasteiger partial charge in [0.1, 0.15) is 0 Å². The fraction of sp³-hybridized carbons (Fsp3) is 0.462. The van der Waals surface area contributed by atoms with Crippen LogP contribution in [-0.2, 0) is 11.2 Å². The van der Waals surface area contributed by atoms with E-state index < -0.39 is 24.3 Å². The van der Waals surface area contributed by atoms with Crippen molar-refractivity contribution in [1.29, 1.82) is 0 Å². The molecule has 0 bridgehead atoms. The molecule has 1 aromatic rings. The molecule has 0 spiro atoms. The summed E-state index contributed by atoms with van der Waals surface area (Å²) < 4.78 is 50.6. The van der Waals surface area contributed by atoms with Crippen LogP contribution in [-0.4, -0.2) is 30.2 Å². The van der Waals surface area contributed by atoms with Gasteiger partial charge < -0.3 is 4.90 Å². The van der Waals surface area contributed by atoms with E-state index >= 15 is 0 Å². The maximum Gasteiger partial charge on any atom is 0.383 e. The Morgan fingerprint density at radius 3 is 2.63 bits per heavy atom. The number of rotatable bonds is 3. The average molecular weight is 275 g/mol. The lowest BCUT2D eigenvalue weighted by Crippen LogP contribution is -2.47. The van der Waals surface area contributed by atoms with E-state index in [4.69, 9.17) is 0 Å². The normalized spacial score (nSPS) is 18.5. The fourth-order valence-corrected chi connectivity index (χ4v) is 2.41. The van der Waals surface area contributed by atoms with Gasteiger partial charge in [-0.15, -0.1) is 0 Å². The maximum absolute atomic E-state index is 13.1. The van der Waals surface area contributed by atoms with Crippen molar-refractivity contribution in [2.24, 2.45) is 0 Å². The molecule has 1 unspecified atom stereocenters. The second-order valence-corrected chi connectivity index (χ2v) is 4.59. The largest absolute Gasteiger partial charge is 0.383 e. The molecular weight excluding hydrogens is 262 g/mol. The zero-order valence-electron chi connectivity index (χ0n) is 10.2. The molecule has 1 aliphatic rings. The van der Waals surface area contributed by atoms with E-state index in [-0.39, 0.29) is 0 Å². The third-order valence-corrected chi connectivity index (χ3v) is 3.45. The van der Waals surface area contributed by atoms with Gasteiger partial charge in [0, 0.05) is 7.05 Å². The number of fused-ring (bicyclic) bond motifs is 1. The Balaban J connectivity index is 2.23. The van der Waals surface area contributed by atoms with Crippen molar-refractivity contribution in [2.75, 3.05) is 7.05 Å². The molecule has 2 nitrogen and oxygen atoms in total. The first kappa shape index (κ1) is 13.8. The molecule has 0 saturated carbocycles. The van der Waals surface area contributed by atoms with E-state index in [0.717, 1.165) is 23.1 Å². The molecule has 6 heteroatoms. The number of halogens is 4. The molecular formula is C13H13F4NO. The van der Waals surface area contributed by atoms with E-state index in [1.807, 2.05) is 12.1 Å². The molecule has 19 heavy (non-hydrogen) atoms. The van der Waals surface area contributed by atoms with Crippen LogP contribution in [0.15, 0.2) is 24.3 Å². The van der Waals surface area contributed by atoms with E-state index in [0.29, 0.717) is 12.8 Å². The number of benzene rings is 1. The molecule has 1 aliphatic carbocycles. The Hall–Kier alpha value is -1.59. The topological polar surface area (TPSA) is 20.3 Å². The molecule has 104 valence electrons. The molecule has 0 aromatic heterocycles. The summed E-state index contributed by atoms with van der Waals surface area (Å²) in [5.74, 6) is -6.46. The lowest BCUT2D eigenvalue weighted by Gasteiger charge is -2.28. The van der Waals surface area contributed by atoms with Crippen molar-refractivity contribution in [1.82, 2.24) is 4.90 Å². The van der Waals surface area contributed by atoms with Crippen molar-refractivity contribution in [3.8, 4) is 0 Å². The summed E-state index contributed by atoms with van der Waals surface area (Å²) in [5, 5.41) is 0. The van der Waals surface area contributed by atoms with Gasteiger partial charge in [-0.1, -0.05) is 24.3 Å². The highest BCUT2D eigenvalue weighted by Gasteiger charge is 2.51. The van der Waals surface area contributed by atoms with Gasteiger partial charge in [0.25, 0.3) is 5.91 Å². The maximum atomic E-state index is 13.1. The van der Waals surface area contributed by atoms with Gasteiger partial charge in [-0.2, -0.15) is 8.78 Å². The van der Waals surface area contributed by atoms with Crippen molar-refractivity contribution in [3.05, 3.63) is 35.4 Å². The van der Waals surface area contributed by atoms with Crippen LogP contribution in [0.3, 0.4) is 0 Å². The first-order chi connectivity index (χ1) is 8.85. The second kappa shape index (κ2) is 4.83. The molecule has 1 aromatic carbocycles. The Labute approximate surface area is 108 Å². The third kappa shape index (κ3) is 2.31. The highest BCUT2D eigenvalue weighted by molar-refractivity contribution is 5.84. The van der Waals surface area contributed by atoms with Crippen LogP contribution in [0.1, 0.15) is 23.6 Å². The van der Waals surface area contributed by atoms with Crippen LogP contribution < -0.4 is 0 Å². The van der Waals surface area contributed by atoms with Gasteiger partial charge in [-0.05, 0) is 24.0 Å². The van der Waals surface area contributed by atoms with Crippen LogP contribution in [0, 0.1) is 0 Å². The first-order valence-corrected chi connectivity index (χ1v) is 5.86. The zero-order valence-corrected chi connectivity index (χ0v) is 10.2. The number of nitrogens with zero attached hydrogens (tertiary/aromatic N) is 1. The quantitative estimate of drug-likeness (QED) is 0.776. The molecule has 1 amide bonds. The summed E-state index contributed by atoms with van der Waals surface area (Å²) in [4.78, 5) is 12.2. The van der Waals surface area contributed by atoms with Crippen LogP contribution in [0.5, 0.6) is 0 Å². The lowest BCUT2D eigenvalue weighted by atomic mass is 10.1. The SMILES string of the molecule is CN(C(=O)C(F)(F)C(F)F)C1CCc2ccccc21. The van der Waals surface area contributed by atoms with Gasteiger partial charge in [0.2, 0.25) is 0 Å². The smallest absolute Gasteiger partial charge is 0.333 e. The predicted octanol–water partition coefficient (Wildman–Crippen LogP) is 3.03. The monoisotopic (exact) mass is 275 g/mol. The number of aryl methyl sites for hydroxylation is 1. The van der Waals surface area contributed by atoms with Crippen LogP contribution in [0.4, 0.5) is 17.6 Å². The average Bonchev–Trinajstić information content (AvgIpc) is 2.80. The van der Waals surface area contributed by atoms with E-state index in [1.54, 1.807) is 12.1 Å². The summed E-state index contributed by atoms with van der Waals surface area (Å²) in [6, 6.07) is 6.57. The summed E-state index contributed by atoms with van der Waals surface area (Å²) in [7, 11) is 1.14. The van der Waals surface area contributed by atoms with Crippen molar-refractivity contribution in [2.45, 2.75) is 31.2 Å². The van der Waals surface area contributed by atoms with Crippen LogP contribution >= 0.6 is 0 Å². The highest BCUT2D eigenvalue weighted by atomic mass is 19.3. The number of amides is 1. The molecule has 0 radical (unpaired) electrons. The van der Waals surface area contributed by atoms with Crippen LogP contribution in [0.2, 0.25) is 0 Å². The molecule has 0 N–H and O–H groups in total. The number of hydrogen-bond donors (Lipinski definition) is 0. The summed E-state index contributed by atoms with van der Waals surface area (Å²) in [5.41, 5.74) is 1.72. The molecule has 0 saturated heterocycles. The van der Waals surface area contributed by atoms with Crippen molar-refractivity contribution in [3.63, 3.8) is 0 Å². The molecule has 1 atom stereocenters. The molecule has 0 heterocycles. The number of hydrogen-bond acceptors (Lipinski definition) is 1. The zero-order chi connectivity index (χ0) is 14.2. The Bertz CT molecular complexity index is 489. The number of carbonyl (C=O) groups is 1. The second-order valence-electron chi connectivity index (χ2n) is 4.59. The first-order valence-electron chi connectivity index (χ1n) is 5.86. The van der Waals surface area contributed by atoms with E-state index in [2.05, 4.69) is 0 Å². The third-order valence-electron chi connectivity index (χ3n) is 3.45. The van der Waals surface area contributed by atoms with E-state index in [1.165, 1.54) is 0 Å². The van der Waals surface area contributed by atoms with Crippen molar-refractivity contribution >= 4 is 5.91 Å². The van der Waals surface area contributed by atoms with Gasteiger partial charge in [0.15, 0.2) is 0 Å². The van der Waals surface area contributed by atoms with E-state index in [9.17, 15) is 22.4 Å². The Morgan fingerprint density at radius 2 is 2.00 bits per heavy atom. The van der Waals surface area contributed by atoms with Crippen molar-refractivity contribution < 1.29 is 22.4 Å². The van der Waals surface area contributed by atoms with Gasteiger partial charge in [0.05, 0.1) is 6.04 Å². The summed E-state index contributed by atoms with van der Waals surface area (Å²) in [6.07, 6.45) is -2.86. The standard InChI is InChI=1S/C13H13F4NO/c1-18(12(19)13(16,17)11(14)15)10-7-6-8-4-2-3-5-9(8)10/h2-5,10-11H,6-7H2,1H3. The number of carbonyl (C=O) groups excluding carboxylic acids is 1. The Kier molecular flexibility index (Phi) is 3.52.